The van der Waals surface area contributed by atoms with Crippen molar-refractivity contribution in [3.8, 4) is 22.9 Å². The van der Waals surface area contributed by atoms with Gasteiger partial charge in [0.1, 0.15) is 12.4 Å². The fourth-order valence-electron chi connectivity index (χ4n) is 3.64. The van der Waals surface area contributed by atoms with Crippen LogP contribution >= 0.6 is 11.6 Å². The molecule has 1 aliphatic heterocycles. The van der Waals surface area contributed by atoms with Crippen LogP contribution in [0.3, 0.4) is 0 Å². The van der Waals surface area contributed by atoms with Crippen LogP contribution in [0.5, 0.6) is 5.75 Å². The van der Waals surface area contributed by atoms with Crippen LogP contribution in [0.2, 0.25) is 5.02 Å². The molecule has 1 atom stereocenters. The lowest BCUT2D eigenvalue weighted by atomic mass is 9.87. The number of nitrogens with one attached hydrogen (secondary N) is 1. The summed E-state index contributed by atoms with van der Waals surface area (Å²) in [5.41, 5.74) is 3.13. The number of amides is 2. The van der Waals surface area contributed by atoms with E-state index < -0.39 is 5.92 Å². The number of halogens is 1. The first kappa shape index (κ1) is 20.6. The number of carbonyl (C=O) groups is 2. The Labute approximate surface area is 184 Å². The van der Waals surface area contributed by atoms with E-state index in [0.717, 1.165) is 11.3 Å². The molecule has 0 aliphatic carbocycles. The number of aromatic nitrogens is 2. The molecule has 0 spiro atoms. The number of aryl methyl sites for hydroxylation is 1. The molecule has 2 amide bonds. The Balaban J connectivity index is 1.61. The van der Waals surface area contributed by atoms with Gasteiger partial charge in [-0.3, -0.25) is 19.6 Å². The molecule has 156 valence electrons. The highest BCUT2D eigenvalue weighted by atomic mass is 35.5. The zero-order valence-electron chi connectivity index (χ0n) is 16.8. The SMILES string of the molecule is Cn1ccc(COc2ccc(-c3c(C#N)ccc(C4CCC(=O)NC4=O)c3Cl)cc2)n1. The number of hydrogen-bond acceptors (Lipinski definition) is 5. The normalized spacial score (nSPS) is 16.0. The highest BCUT2D eigenvalue weighted by Gasteiger charge is 2.30. The zero-order valence-corrected chi connectivity index (χ0v) is 17.5. The lowest BCUT2D eigenvalue weighted by molar-refractivity contribution is -0.134. The predicted octanol–water partition coefficient (Wildman–Crippen LogP) is 3.71. The molecule has 2 aromatic carbocycles. The summed E-state index contributed by atoms with van der Waals surface area (Å²) < 4.78 is 7.48. The first-order valence-corrected chi connectivity index (χ1v) is 10.1. The van der Waals surface area contributed by atoms with Gasteiger partial charge in [0, 0.05) is 25.2 Å². The Bertz CT molecular complexity index is 1190. The number of hydrogen-bond donors (Lipinski definition) is 1. The van der Waals surface area contributed by atoms with Crippen molar-refractivity contribution < 1.29 is 14.3 Å². The molecule has 8 heteroatoms. The molecule has 7 nitrogen and oxygen atoms in total. The minimum Gasteiger partial charge on any atom is -0.487 e. The van der Waals surface area contributed by atoms with Gasteiger partial charge in [-0.2, -0.15) is 10.4 Å². The summed E-state index contributed by atoms with van der Waals surface area (Å²) in [6, 6.07) is 14.6. The van der Waals surface area contributed by atoms with Crippen LogP contribution in [0.1, 0.15) is 35.6 Å². The number of nitriles is 1. The van der Waals surface area contributed by atoms with Crippen molar-refractivity contribution in [3.63, 3.8) is 0 Å². The Hall–Kier alpha value is -3.63. The lowest BCUT2D eigenvalue weighted by Crippen LogP contribution is -2.39. The van der Waals surface area contributed by atoms with Crippen molar-refractivity contribution in [1.29, 1.82) is 5.26 Å². The third kappa shape index (κ3) is 4.30. The number of piperidine rings is 1. The molecule has 1 N–H and O–H groups in total. The molecular formula is C23H19ClN4O3. The van der Waals surface area contributed by atoms with Gasteiger partial charge in [-0.1, -0.05) is 29.8 Å². The summed E-state index contributed by atoms with van der Waals surface area (Å²) in [5, 5.41) is 16.6. The largest absolute Gasteiger partial charge is 0.487 e. The molecule has 1 aliphatic rings. The predicted molar refractivity (Wildman–Crippen MR) is 114 cm³/mol. The monoisotopic (exact) mass is 434 g/mol. The number of ether oxygens (including phenoxy) is 1. The molecule has 31 heavy (non-hydrogen) atoms. The van der Waals surface area contributed by atoms with Gasteiger partial charge in [-0.15, -0.1) is 0 Å². The van der Waals surface area contributed by atoms with Crippen LogP contribution in [-0.2, 0) is 23.2 Å². The minimum absolute atomic E-state index is 0.254. The molecule has 1 aromatic heterocycles. The topological polar surface area (TPSA) is 97.0 Å². The first-order chi connectivity index (χ1) is 15.0. The molecule has 0 radical (unpaired) electrons. The number of carbonyl (C=O) groups excluding carboxylic acids is 2. The second kappa shape index (κ2) is 8.62. The van der Waals surface area contributed by atoms with E-state index in [1.807, 2.05) is 31.4 Å². The summed E-state index contributed by atoms with van der Waals surface area (Å²) in [6.07, 6.45) is 2.49. The maximum Gasteiger partial charge on any atom is 0.234 e. The van der Waals surface area contributed by atoms with Crippen LogP contribution in [0.15, 0.2) is 48.7 Å². The lowest BCUT2D eigenvalue weighted by Gasteiger charge is -2.23. The van der Waals surface area contributed by atoms with Crippen LogP contribution in [0.4, 0.5) is 0 Å². The summed E-state index contributed by atoms with van der Waals surface area (Å²) in [6.45, 7) is 0.343. The second-order valence-electron chi connectivity index (χ2n) is 7.30. The first-order valence-electron chi connectivity index (χ1n) is 9.74. The Morgan fingerprint density at radius 3 is 2.65 bits per heavy atom. The van der Waals surface area contributed by atoms with Crippen molar-refractivity contribution in [2.75, 3.05) is 0 Å². The molecule has 4 rings (SSSR count). The zero-order chi connectivity index (χ0) is 22.0. The van der Waals surface area contributed by atoms with Crippen molar-refractivity contribution in [2.45, 2.75) is 25.4 Å². The standard InChI is InChI=1S/C23H19ClN4O3/c1-28-11-10-16(27-28)13-31-17-5-2-14(3-6-17)21-15(12-25)4-7-18(22(21)24)19-8-9-20(29)26-23(19)30/h2-7,10-11,19H,8-9,13H2,1H3,(H,26,29,30). The minimum atomic E-state index is -0.530. The highest BCUT2D eigenvalue weighted by Crippen LogP contribution is 2.39. The van der Waals surface area contributed by atoms with E-state index in [4.69, 9.17) is 16.3 Å². The number of rotatable bonds is 5. The molecule has 3 aromatic rings. The van der Waals surface area contributed by atoms with Crippen LogP contribution < -0.4 is 10.1 Å². The Kier molecular flexibility index (Phi) is 5.74. The number of benzene rings is 2. The van der Waals surface area contributed by atoms with Crippen LogP contribution in [-0.4, -0.2) is 21.6 Å². The molecule has 1 fully saturated rings. The van der Waals surface area contributed by atoms with Gasteiger partial charge in [0.05, 0.1) is 28.3 Å². The van der Waals surface area contributed by atoms with Crippen molar-refractivity contribution in [3.05, 3.63) is 70.5 Å². The fraction of sp³-hybridized carbons (Fsp3) is 0.217. The van der Waals surface area contributed by atoms with E-state index in [-0.39, 0.29) is 18.2 Å². The molecule has 2 heterocycles. The summed E-state index contributed by atoms with van der Waals surface area (Å²) >= 11 is 6.69. The van der Waals surface area contributed by atoms with Gasteiger partial charge in [0.15, 0.2) is 0 Å². The van der Waals surface area contributed by atoms with Crippen LogP contribution in [0, 0.1) is 11.3 Å². The Morgan fingerprint density at radius 2 is 2.00 bits per heavy atom. The second-order valence-corrected chi connectivity index (χ2v) is 7.68. The maximum atomic E-state index is 12.3. The molecule has 1 saturated heterocycles. The van der Waals surface area contributed by atoms with Crippen molar-refractivity contribution in [2.24, 2.45) is 7.05 Å². The average Bonchev–Trinajstić information content (AvgIpc) is 3.18. The molecular weight excluding hydrogens is 416 g/mol. The van der Waals surface area contributed by atoms with E-state index in [2.05, 4.69) is 16.5 Å². The van der Waals surface area contributed by atoms with E-state index >= 15 is 0 Å². The van der Waals surface area contributed by atoms with E-state index in [0.29, 0.717) is 40.5 Å². The number of imide groups is 1. The van der Waals surface area contributed by atoms with Gasteiger partial charge in [0.2, 0.25) is 11.8 Å². The van der Waals surface area contributed by atoms with Gasteiger partial charge >= 0.3 is 0 Å². The summed E-state index contributed by atoms with van der Waals surface area (Å²) in [5.74, 6) is -0.525. The van der Waals surface area contributed by atoms with Gasteiger partial charge < -0.3 is 4.74 Å². The van der Waals surface area contributed by atoms with Gasteiger partial charge in [0.25, 0.3) is 0 Å². The van der Waals surface area contributed by atoms with E-state index in [9.17, 15) is 14.9 Å². The summed E-state index contributed by atoms with van der Waals surface area (Å²) in [4.78, 5) is 23.8. The van der Waals surface area contributed by atoms with E-state index in [1.165, 1.54) is 0 Å². The van der Waals surface area contributed by atoms with E-state index in [1.54, 1.807) is 28.9 Å². The van der Waals surface area contributed by atoms with Crippen molar-refractivity contribution in [1.82, 2.24) is 15.1 Å². The third-order valence-corrected chi connectivity index (χ3v) is 5.61. The molecule has 1 unspecified atom stereocenters. The van der Waals surface area contributed by atoms with Gasteiger partial charge in [-0.25, -0.2) is 0 Å². The van der Waals surface area contributed by atoms with Crippen molar-refractivity contribution >= 4 is 23.4 Å². The third-order valence-electron chi connectivity index (χ3n) is 5.21. The summed E-state index contributed by atoms with van der Waals surface area (Å²) in [7, 11) is 1.84. The van der Waals surface area contributed by atoms with Gasteiger partial charge in [-0.05, 0) is 41.8 Å². The maximum absolute atomic E-state index is 12.3. The smallest absolute Gasteiger partial charge is 0.234 e. The fourth-order valence-corrected chi connectivity index (χ4v) is 4.05. The quantitative estimate of drug-likeness (QED) is 0.617. The Morgan fingerprint density at radius 1 is 1.23 bits per heavy atom. The molecule has 0 bridgehead atoms. The molecule has 0 saturated carbocycles. The number of nitrogens with zero attached hydrogens (tertiary/aromatic N) is 3. The average molecular weight is 435 g/mol. The van der Waals surface area contributed by atoms with Crippen LogP contribution in [0.25, 0.3) is 11.1 Å². The highest BCUT2D eigenvalue weighted by molar-refractivity contribution is 6.34.